The maximum absolute atomic E-state index is 12.8. The first-order valence-corrected chi connectivity index (χ1v) is 10.5. The molecular formula is C22H21N7OS. The van der Waals surface area contributed by atoms with Crippen LogP contribution in [-0.4, -0.2) is 31.2 Å². The number of aryl methyl sites for hydroxylation is 2. The van der Waals surface area contributed by atoms with Crippen molar-refractivity contribution in [2.75, 3.05) is 5.32 Å². The van der Waals surface area contributed by atoms with Crippen molar-refractivity contribution in [3.63, 3.8) is 0 Å². The van der Waals surface area contributed by atoms with Crippen molar-refractivity contribution in [1.29, 1.82) is 0 Å². The van der Waals surface area contributed by atoms with Gasteiger partial charge >= 0.3 is 6.03 Å². The number of carbonyl (C=O) groups excluding carboxylic acids is 1. The molecule has 2 aromatic carbocycles. The summed E-state index contributed by atoms with van der Waals surface area (Å²) in [5.74, 6) is 1.19. The first kappa shape index (κ1) is 20.5. The van der Waals surface area contributed by atoms with Crippen molar-refractivity contribution in [2.45, 2.75) is 29.9 Å². The Balaban J connectivity index is 1.47. The number of urea groups is 1. The molecule has 8 nitrogen and oxygen atoms in total. The molecule has 9 heteroatoms. The van der Waals surface area contributed by atoms with E-state index in [1.165, 1.54) is 11.8 Å². The number of rotatable bonds is 6. The summed E-state index contributed by atoms with van der Waals surface area (Å²) in [5, 5.41) is 13.6. The number of amides is 2. The van der Waals surface area contributed by atoms with Gasteiger partial charge in [0, 0.05) is 23.0 Å². The maximum Gasteiger partial charge on any atom is 0.320 e. The van der Waals surface area contributed by atoms with Gasteiger partial charge in [0.15, 0.2) is 11.0 Å². The van der Waals surface area contributed by atoms with Crippen molar-refractivity contribution in [1.82, 2.24) is 30.5 Å². The van der Waals surface area contributed by atoms with Crippen LogP contribution in [0.3, 0.4) is 0 Å². The number of carbonyl (C=O) groups is 1. The van der Waals surface area contributed by atoms with E-state index in [2.05, 4.69) is 35.8 Å². The average molecular weight is 432 g/mol. The lowest BCUT2D eigenvalue weighted by molar-refractivity contribution is 0.249. The third-order valence-electron chi connectivity index (χ3n) is 4.48. The fourth-order valence-electron chi connectivity index (χ4n) is 3.00. The number of hydrogen-bond acceptors (Lipinski definition) is 6. The van der Waals surface area contributed by atoms with Gasteiger partial charge in [-0.2, -0.15) is 5.10 Å². The Hall–Kier alpha value is -3.72. The Bertz CT molecular complexity index is 1160. The topological polar surface area (TPSA) is 108 Å². The molecule has 0 bridgehead atoms. The minimum atomic E-state index is -0.475. The maximum atomic E-state index is 12.8. The first-order chi connectivity index (χ1) is 15.1. The van der Waals surface area contributed by atoms with Crippen LogP contribution in [0, 0.1) is 13.8 Å². The fraction of sp³-hybridized carbons (Fsp3) is 0.136. The van der Waals surface area contributed by atoms with Crippen LogP contribution in [0.2, 0.25) is 0 Å². The second-order valence-electron chi connectivity index (χ2n) is 6.83. The van der Waals surface area contributed by atoms with Gasteiger partial charge in [-0.15, -0.1) is 0 Å². The van der Waals surface area contributed by atoms with Gasteiger partial charge in [0.2, 0.25) is 0 Å². The molecule has 3 N–H and O–H groups in total. The van der Waals surface area contributed by atoms with Crippen LogP contribution in [0.1, 0.15) is 28.8 Å². The van der Waals surface area contributed by atoms with E-state index in [9.17, 15) is 4.79 Å². The summed E-state index contributed by atoms with van der Waals surface area (Å²) in [6.07, 6.45) is 3.42. The molecule has 0 radical (unpaired) electrons. The highest BCUT2D eigenvalue weighted by Gasteiger charge is 2.21. The molecule has 0 saturated heterocycles. The van der Waals surface area contributed by atoms with Gasteiger partial charge in [-0.05, 0) is 61.0 Å². The monoisotopic (exact) mass is 431 g/mol. The van der Waals surface area contributed by atoms with E-state index in [1.54, 1.807) is 18.5 Å². The molecule has 0 saturated carbocycles. The van der Waals surface area contributed by atoms with Crippen LogP contribution in [0.25, 0.3) is 0 Å². The highest BCUT2D eigenvalue weighted by atomic mass is 32.2. The Morgan fingerprint density at radius 3 is 2.48 bits per heavy atom. The second kappa shape index (κ2) is 9.40. The number of nitrogens with one attached hydrogen (secondary N) is 3. The average Bonchev–Trinajstić information content (AvgIpc) is 3.21. The van der Waals surface area contributed by atoms with Crippen LogP contribution in [0.15, 0.2) is 77.0 Å². The molecule has 0 aliphatic carbocycles. The minimum absolute atomic E-state index is 0.341. The van der Waals surface area contributed by atoms with Crippen LogP contribution in [-0.2, 0) is 0 Å². The largest absolute Gasteiger partial charge is 0.324 e. The molecule has 1 atom stereocenters. The molecule has 1 unspecified atom stereocenters. The number of H-pyrrole nitrogens is 1. The van der Waals surface area contributed by atoms with Crippen molar-refractivity contribution in [3.8, 4) is 0 Å². The van der Waals surface area contributed by atoms with Gasteiger partial charge in [-0.25, -0.2) is 19.7 Å². The molecule has 4 rings (SSSR count). The molecule has 0 fully saturated rings. The summed E-state index contributed by atoms with van der Waals surface area (Å²) in [6.45, 7) is 3.76. The molecule has 31 heavy (non-hydrogen) atoms. The number of hydrogen-bond donors (Lipinski definition) is 3. The van der Waals surface area contributed by atoms with Crippen LogP contribution < -0.4 is 10.6 Å². The zero-order valence-corrected chi connectivity index (χ0v) is 17.9. The third-order valence-corrected chi connectivity index (χ3v) is 5.36. The molecule has 0 spiro atoms. The molecule has 2 aromatic heterocycles. The van der Waals surface area contributed by atoms with Crippen LogP contribution in [0.4, 0.5) is 10.5 Å². The number of anilines is 1. The number of benzene rings is 2. The molecular weight excluding hydrogens is 410 g/mol. The summed E-state index contributed by atoms with van der Waals surface area (Å²) < 4.78 is 0. The molecule has 2 amide bonds. The quantitative estimate of drug-likeness (QED) is 0.393. The summed E-state index contributed by atoms with van der Waals surface area (Å²) >= 11 is 1.47. The molecule has 156 valence electrons. The Labute approximate surface area is 184 Å². The molecule has 4 aromatic rings. The zero-order valence-electron chi connectivity index (χ0n) is 17.0. The van der Waals surface area contributed by atoms with Gasteiger partial charge < -0.3 is 10.6 Å². The van der Waals surface area contributed by atoms with Crippen molar-refractivity contribution < 1.29 is 4.79 Å². The first-order valence-electron chi connectivity index (χ1n) is 9.65. The van der Waals surface area contributed by atoms with Crippen molar-refractivity contribution in [2.24, 2.45) is 0 Å². The van der Waals surface area contributed by atoms with Gasteiger partial charge in [0.05, 0.1) is 0 Å². The molecule has 0 aliphatic heterocycles. The third kappa shape index (κ3) is 5.26. The Kier molecular flexibility index (Phi) is 6.23. The Morgan fingerprint density at radius 1 is 1.03 bits per heavy atom. The summed E-state index contributed by atoms with van der Waals surface area (Å²) in [4.78, 5) is 26.6. The Morgan fingerprint density at radius 2 is 1.81 bits per heavy atom. The predicted octanol–water partition coefficient (Wildman–Crippen LogP) is 4.27. The van der Waals surface area contributed by atoms with Gasteiger partial charge in [-0.3, -0.25) is 5.10 Å². The van der Waals surface area contributed by atoms with Crippen molar-refractivity contribution in [3.05, 3.63) is 89.8 Å². The fourth-order valence-corrected chi connectivity index (χ4v) is 3.81. The van der Waals surface area contributed by atoms with E-state index >= 15 is 0 Å². The lowest BCUT2D eigenvalue weighted by Crippen LogP contribution is -2.34. The van der Waals surface area contributed by atoms with Gasteiger partial charge in [-0.1, -0.05) is 30.3 Å². The smallest absolute Gasteiger partial charge is 0.320 e. The van der Waals surface area contributed by atoms with Crippen molar-refractivity contribution >= 4 is 23.5 Å². The standard InChI is InChI=1S/C22H21N7OS/c1-14-13-17(31-22-23-11-6-12-24-22)9-10-18(14)26-21(30)27-19(16-7-4-3-5-8-16)20-25-15(2)28-29-20/h3-13,19H,1-2H3,(H,25,28,29)(H2,26,27,30). The SMILES string of the molecule is Cc1nc(C(NC(=O)Nc2ccc(Sc3ncccn3)cc2C)c2ccccc2)n[nH]1. The van der Waals surface area contributed by atoms with Gasteiger partial charge in [0.25, 0.3) is 0 Å². The van der Waals surface area contributed by atoms with E-state index in [4.69, 9.17) is 0 Å². The van der Waals surface area contributed by atoms with E-state index in [0.717, 1.165) is 16.0 Å². The lowest BCUT2D eigenvalue weighted by atomic mass is 10.1. The van der Waals surface area contributed by atoms with Crippen LogP contribution in [0.5, 0.6) is 0 Å². The van der Waals surface area contributed by atoms with Gasteiger partial charge in [0.1, 0.15) is 11.9 Å². The summed E-state index contributed by atoms with van der Waals surface area (Å²) in [7, 11) is 0. The zero-order chi connectivity index (χ0) is 21.6. The highest BCUT2D eigenvalue weighted by molar-refractivity contribution is 7.99. The normalized spacial score (nSPS) is 11.7. The summed E-state index contributed by atoms with van der Waals surface area (Å²) in [6, 6.07) is 16.4. The lowest BCUT2D eigenvalue weighted by Gasteiger charge is -2.17. The number of aromatic amines is 1. The van der Waals surface area contributed by atoms with Crippen LogP contribution >= 0.6 is 11.8 Å². The van der Waals surface area contributed by atoms with E-state index in [0.29, 0.717) is 22.5 Å². The minimum Gasteiger partial charge on any atom is -0.324 e. The van der Waals surface area contributed by atoms with E-state index in [1.807, 2.05) is 62.4 Å². The van der Waals surface area contributed by atoms with E-state index in [-0.39, 0.29) is 6.03 Å². The second-order valence-corrected chi connectivity index (χ2v) is 7.87. The molecule has 2 heterocycles. The summed E-state index contributed by atoms with van der Waals surface area (Å²) in [5.41, 5.74) is 2.54. The highest BCUT2D eigenvalue weighted by Crippen LogP contribution is 2.28. The molecule has 0 aliphatic rings. The van der Waals surface area contributed by atoms with E-state index < -0.39 is 6.04 Å². The number of aromatic nitrogens is 5. The number of nitrogens with zero attached hydrogens (tertiary/aromatic N) is 4. The predicted molar refractivity (Wildman–Crippen MR) is 119 cm³/mol.